The van der Waals surface area contributed by atoms with Gasteiger partial charge in [0, 0.05) is 17.0 Å². The van der Waals surface area contributed by atoms with Crippen LogP contribution in [0.1, 0.15) is 34.8 Å². The number of fused-ring (bicyclic) bond motifs is 1. The lowest BCUT2D eigenvalue weighted by Crippen LogP contribution is -2.35. The summed E-state index contributed by atoms with van der Waals surface area (Å²) in [7, 11) is 0. The molecule has 1 aromatic carbocycles. The van der Waals surface area contributed by atoms with E-state index in [2.05, 4.69) is 31.7 Å². The van der Waals surface area contributed by atoms with Crippen LogP contribution in [0.15, 0.2) is 57.6 Å². The van der Waals surface area contributed by atoms with Crippen molar-refractivity contribution in [2.24, 2.45) is 0 Å². The Kier molecular flexibility index (Phi) is 4.66. The van der Waals surface area contributed by atoms with E-state index in [0.29, 0.717) is 15.9 Å². The van der Waals surface area contributed by atoms with Gasteiger partial charge in [0.2, 0.25) is 0 Å². The van der Waals surface area contributed by atoms with Gasteiger partial charge in [-0.15, -0.1) is 0 Å². The van der Waals surface area contributed by atoms with Crippen molar-refractivity contribution in [2.75, 3.05) is 10.6 Å². The van der Waals surface area contributed by atoms with Crippen molar-refractivity contribution in [2.45, 2.75) is 24.7 Å². The monoisotopic (exact) mass is 454 g/mol. The molecule has 2 N–H and O–H groups in total. The molecule has 28 heavy (non-hydrogen) atoms. The quantitative estimate of drug-likeness (QED) is 0.573. The van der Waals surface area contributed by atoms with Crippen LogP contribution in [0, 0.1) is 0 Å². The molecule has 2 atom stereocenters. The van der Waals surface area contributed by atoms with Gasteiger partial charge in [0.05, 0.1) is 18.0 Å². The summed E-state index contributed by atoms with van der Waals surface area (Å²) in [6, 6.07) is 8.90. The fraction of sp³-hybridized carbons (Fsp3) is 0.222. The van der Waals surface area contributed by atoms with Gasteiger partial charge >= 0.3 is 6.18 Å². The van der Waals surface area contributed by atoms with E-state index in [1.54, 1.807) is 36.4 Å². The predicted molar refractivity (Wildman–Crippen MR) is 99.1 cm³/mol. The molecule has 0 radical (unpaired) electrons. The van der Waals surface area contributed by atoms with Gasteiger partial charge in [-0.2, -0.15) is 18.3 Å². The molecule has 10 heteroatoms. The van der Waals surface area contributed by atoms with Crippen LogP contribution in [0.2, 0.25) is 0 Å². The summed E-state index contributed by atoms with van der Waals surface area (Å²) in [4.78, 5) is 12.5. The molecule has 3 heterocycles. The zero-order valence-electron chi connectivity index (χ0n) is 14.2. The number of aromatic nitrogens is 2. The van der Waals surface area contributed by atoms with Crippen LogP contribution in [0.4, 0.5) is 24.7 Å². The molecule has 0 saturated carbocycles. The minimum Gasteiger partial charge on any atom is -0.467 e. The molecule has 4 rings (SSSR count). The first-order valence-corrected chi connectivity index (χ1v) is 9.14. The Balaban J connectivity index is 1.65. The summed E-state index contributed by atoms with van der Waals surface area (Å²) in [6.07, 6.45) is -3.41. The summed E-state index contributed by atoms with van der Waals surface area (Å²) >= 11 is 3.31. The van der Waals surface area contributed by atoms with Crippen molar-refractivity contribution in [1.29, 1.82) is 0 Å². The molecule has 146 valence electrons. The van der Waals surface area contributed by atoms with Gasteiger partial charge in [0.1, 0.15) is 11.6 Å². The van der Waals surface area contributed by atoms with E-state index in [9.17, 15) is 18.0 Å². The van der Waals surface area contributed by atoms with Gasteiger partial charge in [0.25, 0.3) is 5.91 Å². The minimum absolute atomic E-state index is 0.104. The highest BCUT2D eigenvalue weighted by Crippen LogP contribution is 2.43. The van der Waals surface area contributed by atoms with Crippen molar-refractivity contribution in [3.8, 4) is 0 Å². The number of carbonyl (C=O) groups excluding carboxylic acids is 1. The van der Waals surface area contributed by atoms with E-state index >= 15 is 0 Å². The molecular formula is C18H14BrF3N4O2. The van der Waals surface area contributed by atoms with Gasteiger partial charge < -0.3 is 15.1 Å². The minimum atomic E-state index is -4.52. The highest BCUT2D eigenvalue weighted by Gasteiger charge is 2.47. The number of rotatable bonds is 3. The topological polar surface area (TPSA) is 72.1 Å². The molecule has 0 saturated heterocycles. The number of anilines is 2. The normalized spacial score (nSPS) is 19.0. The Morgan fingerprint density at radius 1 is 1.29 bits per heavy atom. The Bertz CT molecular complexity index is 1000. The predicted octanol–water partition coefficient (Wildman–Crippen LogP) is 5.15. The van der Waals surface area contributed by atoms with E-state index in [1.165, 1.54) is 12.3 Å². The second-order valence-corrected chi connectivity index (χ2v) is 7.15. The number of halogens is 4. The fourth-order valence-electron chi connectivity index (χ4n) is 3.11. The second-order valence-electron chi connectivity index (χ2n) is 6.30. The molecule has 2 aromatic heterocycles. The molecule has 0 fully saturated rings. The molecule has 6 nitrogen and oxygen atoms in total. The summed E-state index contributed by atoms with van der Waals surface area (Å²) in [6.45, 7) is 0. The van der Waals surface area contributed by atoms with Gasteiger partial charge in [-0.3, -0.25) is 4.79 Å². The Morgan fingerprint density at radius 3 is 2.75 bits per heavy atom. The van der Waals surface area contributed by atoms with Crippen LogP contribution in [0.25, 0.3) is 0 Å². The number of nitrogens with zero attached hydrogens (tertiary/aromatic N) is 2. The first-order valence-electron chi connectivity index (χ1n) is 8.35. The van der Waals surface area contributed by atoms with Crippen LogP contribution in [-0.4, -0.2) is 21.9 Å². The van der Waals surface area contributed by atoms with Crippen LogP contribution in [0.3, 0.4) is 0 Å². The van der Waals surface area contributed by atoms with Crippen LogP contribution in [-0.2, 0) is 0 Å². The molecule has 1 aliphatic rings. The SMILES string of the molecule is O=C(Nc1ccccc1Br)c1cc2n(n1)[C@@H](C(F)(F)F)C[C@@H](c1ccco1)N2. The van der Waals surface area contributed by atoms with Crippen LogP contribution >= 0.6 is 15.9 Å². The van der Waals surface area contributed by atoms with Crippen molar-refractivity contribution < 1.29 is 22.4 Å². The maximum absolute atomic E-state index is 13.6. The summed E-state index contributed by atoms with van der Waals surface area (Å²) in [5, 5.41) is 9.52. The molecule has 1 amide bonds. The van der Waals surface area contributed by atoms with Gasteiger partial charge in [-0.05, 0) is 40.2 Å². The smallest absolute Gasteiger partial charge is 0.410 e. The lowest BCUT2D eigenvalue weighted by molar-refractivity contribution is -0.174. The molecule has 0 spiro atoms. The van der Waals surface area contributed by atoms with Crippen molar-refractivity contribution in [1.82, 2.24) is 9.78 Å². The number of hydrogen-bond acceptors (Lipinski definition) is 4. The Morgan fingerprint density at radius 2 is 2.07 bits per heavy atom. The highest BCUT2D eigenvalue weighted by molar-refractivity contribution is 9.10. The molecule has 0 unspecified atom stereocenters. The number of benzene rings is 1. The van der Waals surface area contributed by atoms with Gasteiger partial charge in [0.15, 0.2) is 11.7 Å². The third-order valence-corrected chi connectivity index (χ3v) is 5.12. The van der Waals surface area contributed by atoms with E-state index in [4.69, 9.17) is 4.42 Å². The molecule has 1 aliphatic heterocycles. The summed E-state index contributed by atoms with van der Waals surface area (Å²) in [5.41, 5.74) is 0.375. The maximum atomic E-state index is 13.6. The average molecular weight is 455 g/mol. The molecular weight excluding hydrogens is 441 g/mol. The number of para-hydroxylation sites is 1. The van der Waals surface area contributed by atoms with Crippen LogP contribution in [0.5, 0.6) is 0 Å². The first-order chi connectivity index (χ1) is 13.3. The molecule has 3 aromatic rings. The zero-order valence-corrected chi connectivity index (χ0v) is 15.8. The first kappa shape index (κ1) is 18.6. The summed E-state index contributed by atoms with van der Waals surface area (Å²) < 4.78 is 47.6. The molecule has 0 aliphatic carbocycles. The largest absolute Gasteiger partial charge is 0.467 e. The zero-order chi connectivity index (χ0) is 19.9. The lowest BCUT2D eigenvalue weighted by atomic mass is 10.0. The van der Waals surface area contributed by atoms with E-state index in [1.807, 2.05) is 0 Å². The van der Waals surface area contributed by atoms with Crippen molar-refractivity contribution >= 4 is 33.3 Å². The second kappa shape index (κ2) is 7.01. The number of nitrogens with one attached hydrogen (secondary N) is 2. The highest BCUT2D eigenvalue weighted by atomic mass is 79.9. The van der Waals surface area contributed by atoms with E-state index in [-0.39, 0.29) is 17.9 Å². The third-order valence-electron chi connectivity index (χ3n) is 4.43. The average Bonchev–Trinajstić information content (AvgIpc) is 3.31. The number of hydrogen-bond donors (Lipinski definition) is 2. The van der Waals surface area contributed by atoms with E-state index < -0.39 is 24.2 Å². The van der Waals surface area contributed by atoms with Gasteiger partial charge in [-0.25, -0.2) is 4.68 Å². The lowest BCUT2D eigenvalue weighted by Gasteiger charge is -2.32. The van der Waals surface area contributed by atoms with Gasteiger partial charge in [-0.1, -0.05) is 12.1 Å². The number of furan rings is 1. The number of amides is 1. The Labute approximate surface area is 165 Å². The molecule has 0 bridgehead atoms. The third kappa shape index (κ3) is 3.51. The van der Waals surface area contributed by atoms with Crippen molar-refractivity contribution in [3.63, 3.8) is 0 Å². The fourth-order valence-corrected chi connectivity index (χ4v) is 3.49. The maximum Gasteiger partial charge on any atom is 0.410 e. The standard InChI is InChI=1S/C18H14BrF3N4O2/c19-10-4-1-2-5-11(10)24-17(27)13-9-16-23-12(14-6-3-7-28-14)8-15(18(20,21)22)26(16)25-13/h1-7,9,12,15,23H,8H2,(H,24,27)/t12-,15+/m0/s1. The van der Waals surface area contributed by atoms with E-state index in [0.717, 1.165) is 4.68 Å². The number of carbonyl (C=O) groups is 1. The summed E-state index contributed by atoms with van der Waals surface area (Å²) in [5.74, 6) is -0.112. The van der Waals surface area contributed by atoms with Crippen molar-refractivity contribution in [3.05, 3.63) is 64.7 Å². The number of alkyl halides is 3. The van der Waals surface area contributed by atoms with Crippen LogP contribution < -0.4 is 10.6 Å². The Hall–Kier alpha value is -2.75.